The summed E-state index contributed by atoms with van der Waals surface area (Å²) >= 11 is 1.25. The molecule has 2 aliphatic rings. The molecule has 0 radical (unpaired) electrons. The number of thiophene rings is 1. The lowest BCUT2D eigenvalue weighted by molar-refractivity contribution is -0.124. The van der Waals surface area contributed by atoms with Gasteiger partial charge in [-0.1, -0.05) is 36.4 Å². The van der Waals surface area contributed by atoms with Gasteiger partial charge in [-0.05, 0) is 91.0 Å². The molecule has 49 heavy (non-hydrogen) atoms. The Morgan fingerprint density at radius 3 is 2.65 bits per heavy atom. The standard InChI is InChI=1S/C38H36N6O4S/c1-21-16-26(48-25-9-4-6-22(17-25)20-47-30-10-3-2-7-23(30)18-39)11-12-27(21)38(42)28-13-14-29(40)34-31(28)32(33(41)36(38)45)35(49-34)37(46)44-24-8-5-15-43-19-24/h2-4,6-7,9-14,16-17,24,33,43H,5,8,15,19-20,40-42H2,1H3,(H,44,46). The van der Waals surface area contributed by atoms with Crippen molar-refractivity contribution in [1.29, 1.82) is 5.26 Å². The average Bonchev–Trinajstić information content (AvgIpc) is 3.52. The summed E-state index contributed by atoms with van der Waals surface area (Å²) in [6.07, 6.45) is 1.85. The molecule has 8 N–H and O–H groups in total. The Hall–Kier alpha value is -5.25. The summed E-state index contributed by atoms with van der Waals surface area (Å²) in [7, 11) is 0. The molecule has 1 aromatic heterocycles. The van der Waals surface area contributed by atoms with E-state index in [2.05, 4.69) is 16.7 Å². The summed E-state index contributed by atoms with van der Waals surface area (Å²) in [6.45, 7) is 3.75. The summed E-state index contributed by atoms with van der Waals surface area (Å²) in [5.74, 6) is 1.00. The van der Waals surface area contributed by atoms with Gasteiger partial charge in [0.05, 0.1) is 21.2 Å². The van der Waals surface area contributed by atoms with Crippen LogP contribution in [0.5, 0.6) is 17.2 Å². The molecule has 1 amide bonds. The van der Waals surface area contributed by atoms with E-state index in [1.807, 2.05) is 43.3 Å². The Kier molecular flexibility index (Phi) is 8.56. The van der Waals surface area contributed by atoms with Gasteiger partial charge >= 0.3 is 0 Å². The highest BCUT2D eigenvalue weighted by molar-refractivity contribution is 7.21. The zero-order chi connectivity index (χ0) is 34.3. The highest BCUT2D eigenvalue weighted by Crippen LogP contribution is 2.50. The third kappa shape index (κ3) is 5.79. The molecule has 2 heterocycles. The van der Waals surface area contributed by atoms with Crippen LogP contribution in [0.25, 0.3) is 10.1 Å². The second-order valence-electron chi connectivity index (χ2n) is 12.5. The number of hydrogen-bond acceptors (Lipinski definition) is 10. The van der Waals surface area contributed by atoms with Crippen molar-refractivity contribution in [1.82, 2.24) is 10.6 Å². The Balaban J connectivity index is 1.18. The van der Waals surface area contributed by atoms with Gasteiger partial charge in [-0.15, -0.1) is 11.3 Å². The van der Waals surface area contributed by atoms with Crippen LogP contribution in [-0.4, -0.2) is 30.8 Å². The van der Waals surface area contributed by atoms with Crippen LogP contribution in [0.15, 0.2) is 78.9 Å². The third-order valence-electron chi connectivity index (χ3n) is 9.31. The van der Waals surface area contributed by atoms with Crippen LogP contribution in [-0.2, 0) is 16.9 Å². The molecule has 4 aromatic carbocycles. The third-order valence-corrected chi connectivity index (χ3v) is 10.6. The van der Waals surface area contributed by atoms with E-state index >= 15 is 0 Å². The minimum Gasteiger partial charge on any atom is -0.488 e. The van der Waals surface area contributed by atoms with Gasteiger partial charge in [0.15, 0.2) is 5.78 Å². The highest BCUT2D eigenvalue weighted by atomic mass is 32.1. The van der Waals surface area contributed by atoms with E-state index in [1.165, 1.54) is 11.3 Å². The predicted molar refractivity (Wildman–Crippen MR) is 190 cm³/mol. The molecular weight excluding hydrogens is 637 g/mol. The van der Waals surface area contributed by atoms with E-state index in [-0.39, 0.29) is 18.6 Å². The molecule has 0 saturated carbocycles. The number of amides is 1. The van der Waals surface area contributed by atoms with Crippen LogP contribution in [0.2, 0.25) is 0 Å². The van der Waals surface area contributed by atoms with Crippen molar-refractivity contribution in [2.75, 3.05) is 18.8 Å². The number of piperidine rings is 1. The largest absolute Gasteiger partial charge is 0.488 e. The molecule has 10 nitrogen and oxygen atoms in total. The fourth-order valence-corrected chi connectivity index (χ4v) is 8.08. The van der Waals surface area contributed by atoms with Crippen LogP contribution in [0.3, 0.4) is 0 Å². The molecule has 11 heteroatoms. The van der Waals surface area contributed by atoms with Gasteiger partial charge in [-0.3, -0.25) is 9.59 Å². The number of ether oxygens (including phenoxy) is 2. The van der Waals surface area contributed by atoms with E-state index in [0.29, 0.717) is 66.7 Å². The van der Waals surface area contributed by atoms with Gasteiger partial charge in [0.25, 0.3) is 5.91 Å². The number of nitrogens with two attached hydrogens (primary N) is 3. The topological polar surface area (TPSA) is 179 Å². The number of Topliss-reactive ketones (excluding diaryl/α,β-unsaturated/α-hetero) is 1. The van der Waals surface area contributed by atoms with Crippen LogP contribution in [0.1, 0.15) is 61.9 Å². The van der Waals surface area contributed by atoms with Crippen LogP contribution in [0, 0.1) is 18.3 Å². The molecule has 5 aromatic rings. The minimum atomic E-state index is -1.58. The number of ketones is 1. The number of para-hydroxylation sites is 1. The molecule has 1 fully saturated rings. The summed E-state index contributed by atoms with van der Waals surface area (Å²) < 4.78 is 12.8. The smallest absolute Gasteiger partial charge is 0.262 e. The number of hydrogen-bond donors (Lipinski definition) is 5. The lowest BCUT2D eigenvalue weighted by Crippen LogP contribution is -2.53. The van der Waals surface area contributed by atoms with Crippen LogP contribution < -0.4 is 37.3 Å². The van der Waals surface area contributed by atoms with Gasteiger partial charge in [0.1, 0.15) is 35.5 Å². The molecular formula is C38H36N6O4S. The maximum Gasteiger partial charge on any atom is 0.262 e. The van der Waals surface area contributed by atoms with Gasteiger partial charge in [-0.2, -0.15) is 5.26 Å². The number of nitrogen functional groups attached to an aromatic ring is 1. The number of benzene rings is 4. The van der Waals surface area contributed by atoms with E-state index in [1.54, 1.807) is 42.5 Å². The second-order valence-corrected chi connectivity index (χ2v) is 13.6. The second kappa shape index (κ2) is 13.0. The number of nitrogens with one attached hydrogen (secondary N) is 2. The van der Waals surface area contributed by atoms with Gasteiger partial charge in [0.2, 0.25) is 0 Å². The molecule has 248 valence electrons. The Morgan fingerprint density at radius 1 is 1.08 bits per heavy atom. The van der Waals surface area contributed by atoms with Crippen molar-refractivity contribution in [3.63, 3.8) is 0 Å². The minimum absolute atomic E-state index is 0.00861. The first-order valence-electron chi connectivity index (χ1n) is 16.1. The fraction of sp³-hybridized carbons (Fsp3) is 0.237. The molecule has 0 bridgehead atoms. The lowest BCUT2D eigenvalue weighted by Gasteiger charge is -2.37. The van der Waals surface area contributed by atoms with Crippen molar-refractivity contribution < 1.29 is 19.1 Å². The van der Waals surface area contributed by atoms with Crippen LogP contribution in [0.4, 0.5) is 5.69 Å². The number of anilines is 1. The Bertz CT molecular complexity index is 2150. The molecule has 1 saturated heterocycles. The first-order valence-corrected chi connectivity index (χ1v) is 17.0. The molecule has 1 aliphatic heterocycles. The number of nitrogens with zero attached hydrogens (tertiary/aromatic N) is 1. The maximum atomic E-state index is 14.3. The Morgan fingerprint density at radius 2 is 1.88 bits per heavy atom. The summed E-state index contributed by atoms with van der Waals surface area (Å²) in [4.78, 5) is 28.3. The molecule has 3 atom stereocenters. The highest BCUT2D eigenvalue weighted by Gasteiger charge is 2.49. The summed E-state index contributed by atoms with van der Waals surface area (Å²) in [5, 5.41) is 16.4. The number of carbonyl (C=O) groups excluding carboxylic acids is 2. The summed E-state index contributed by atoms with van der Waals surface area (Å²) in [5.41, 5.74) is 22.9. The van der Waals surface area contributed by atoms with Crippen LogP contribution >= 0.6 is 11.3 Å². The number of aryl methyl sites for hydroxylation is 1. The molecule has 0 spiro atoms. The number of nitriles is 1. The van der Waals surface area contributed by atoms with Crippen molar-refractivity contribution in [2.24, 2.45) is 11.5 Å². The van der Waals surface area contributed by atoms with E-state index < -0.39 is 17.4 Å². The van der Waals surface area contributed by atoms with Gasteiger partial charge in [0, 0.05) is 29.2 Å². The normalized spacial score (nSPS) is 20.1. The first kappa shape index (κ1) is 32.3. The maximum absolute atomic E-state index is 14.3. The molecule has 3 unspecified atom stereocenters. The zero-order valence-corrected chi connectivity index (χ0v) is 27.7. The molecule has 7 rings (SSSR count). The van der Waals surface area contributed by atoms with Gasteiger partial charge in [-0.25, -0.2) is 0 Å². The monoisotopic (exact) mass is 672 g/mol. The van der Waals surface area contributed by atoms with Crippen molar-refractivity contribution in [3.8, 4) is 23.3 Å². The molecule has 1 aliphatic carbocycles. The van der Waals surface area contributed by atoms with E-state index in [0.717, 1.165) is 30.5 Å². The zero-order valence-electron chi connectivity index (χ0n) is 26.9. The van der Waals surface area contributed by atoms with Crippen molar-refractivity contribution in [2.45, 2.75) is 44.0 Å². The van der Waals surface area contributed by atoms with Crippen molar-refractivity contribution in [3.05, 3.63) is 117 Å². The lowest BCUT2D eigenvalue weighted by atomic mass is 9.69. The number of rotatable bonds is 8. The fourth-order valence-electron chi connectivity index (χ4n) is 6.88. The SMILES string of the molecule is Cc1cc(Oc2cccc(COc3ccccc3C#N)c2)ccc1C1(N)C(=O)C(N)c2c(C(=O)NC3CCCNC3)sc3c(N)ccc1c23. The van der Waals surface area contributed by atoms with Crippen molar-refractivity contribution >= 4 is 38.8 Å². The first-order chi connectivity index (χ1) is 23.7. The Labute approximate surface area is 287 Å². The number of carbonyl (C=O) groups is 2. The summed E-state index contributed by atoms with van der Waals surface area (Å²) in [6, 6.07) is 24.5. The van der Waals surface area contributed by atoms with E-state index in [4.69, 9.17) is 26.7 Å². The predicted octanol–water partition coefficient (Wildman–Crippen LogP) is 5.30. The quantitative estimate of drug-likeness (QED) is 0.137. The van der Waals surface area contributed by atoms with E-state index in [9.17, 15) is 14.9 Å². The van der Waals surface area contributed by atoms with Gasteiger partial charge < -0.3 is 37.3 Å². The average molecular weight is 673 g/mol.